The molecule has 0 aliphatic carbocycles. The number of benzene rings is 1. The normalized spacial score (nSPS) is 15.1. The molecule has 20 heavy (non-hydrogen) atoms. The average molecular weight is 285 g/mol. The van der Waals surface area contributed by atoms with Crippen molar-refractivity contribution in [3.05, 3.63) is 63.9 Å². The van der Waals surface area contributed by atoms with Crippen molar-refractivity contribution in [1.82, 2.24) is 10.3 Å². The molecule has 1 N–H and O–H groups in total. The number of fused-ring (bicyclic) bond motifs is 1. The Labute approximate surface area is 124 Å². The van der Waals surface area contributed by atoms with E-state index in [2.05, 4.69) is 22.4 Å². The molecule has 0 spiro atoms. The fourth-order valence-corrected chi connectivity index (χ4v) is 2.84. The van der Waals surface area contributed by atoms with E-state index in [1.54, 1.807) is 6.20 Å². The van der Waals surface area contributed by atoms with Gasteiger partial charge in [0.1, 0.15) is 0 Å². The maximum Gasteiger partial charge on any atom is 0.0629 e. The summed E-state index contributed by atoms with van der Waals surface area (Å²) >= 11 is 6.39. The number of nitrogens with one attached hydrogen (secondary N) is 1. The number of rotatable bonds is 2. The number of nitrogens with zero attached hydrogens (tertiary/aromatic N) is 1. The molecule has 1 aromatic carbocycles. The summed E-state index contributed by atoms with van der Waals surface area (Å²) in [6, 6.07) is 10.1. The Bertz CT molecular complexity index is 620. The lowest BCUT2D eigenvalue weighted by Crippen LogP contribution is -2.16. The lowest BCUT2D eigenvalue weighted by Gasteiger charge is -2.11. The summed E-state index contributed by atoms with van der Waals surface area (Å²) in [6.07, 6.45) is 8.01. The molecule has 2 aromatic rings. The zero-order valence-electron chi connectivity index (χ0n) is 11.3. The highest BCUT2D eigenvalue weighted by molar-refractivity contribution is 6.32. The van der Waals surface area contributed by atoms with Gasteiger partial charge >= 0.3 is 0 Å². The van der Waals surface area contributed by atoms with E-state index >= 15 is 0 Å². The fourth-order valence-electron chi connectivity index (χ4n) is 2.60. The summed E-state index contributed by atoms with van der Waals surface area (Å²) in [5.74, 6) is 0. The van der Waals surface area contributed by atoms with E-state index in [9.17, 15) is 0 Å². The van der Waals surface area contributed by atoms with Crippen LogP contribution in [0.1, 0.15) is 22.4 Å². The van der Waals surface area contributed by atoms with Gasteiger partial charge < -0.3 is 5.32 Å². The van der Waals surface area contributed by atoms with Crippen molar-refractivity contribution in [3.63, 3.8) is 0 Å². The first kappa shape index (κ1) is 13.3. The Hall–Kier alpha value is -1.64. The van der Waals surface area contributed by atoms with Crippen molar-refractivity contribution in [2.24, 2.45) is 0 Å². The van der Waals surface area contributed by atoms with E-state index in [1.807, 2.05) is 30.3 Å². The van der Waals surface area contributed by atoms with E-state index in [0.717, 1.165) is 42.2 Å². The quantitative estimate of drug-likeness (QED) is 0.911. The SMILES string of the molecule is Clc1ccc2c(c1C=Cc1ccccn1)CCNCC2. The van der Waals surface area contributed by atoms with E-state index in [-0.39, 0.29) is 0 Å². The van der Waals surface area contributed by atoms with Crippen molar-refractivity contribution in [1.29, 1.82) is 0 Å². The largest absolute Gasteiger partial charge is 0.316 e. The van der Waals surface area contributed by atoms with Crippen LogP contribution in [0.3, 0.4) is 0 Å². The minimum atomic E-state index is 0.817. The van der Waals surface area contributed by atoms with Crippen molar-refractivity contribution < 1.29 is 0 Å². The zero-order valence-corrected chi connectivity index (χ0v) is 12.0. The van der Waals surface area contributed by atoms with Crippen LogP contribution in [-0.2, 0) is 12.8 Å². The number of hydrogen-bond donors (Lipinski definition) is 1. The summed E-state index contributed by atoms with van der Waals surface area (Å²) in [5.41, 5.74) is 4.86. The molecule has 3 rings (SSSR count). The molecule has 2 nitrogen and oxygen atoms in total. The maximum absolute atomic E-state index is 6.39. The molecule has 1 aliphatic rings. The first-order chi connectivity index (χ1) is 9.84. The summed E-state index contributed by atoms with van der Waals surface area (Å²) < 4.78 is 0. The smallest absolute Gasteiger partial charge is 0.0629 e. The highest BCUT2D eigenvalue weighted by atomic mass is 35.5. The van der Waals surface area contributed by atoms with Gasteiger partial charge in [-0.25, -0.2) is 0 Å². The molecule has 0 radical (unpaired) electrons. The van der Waals surface area contributed by atoms with Crippen LogP contribution in [0.15, 0.2) is 36.5 Å². The second-order valence-electron chi connectivity index (χ2n) is 4.94. The molecule has 0 saturated heterocycles. The number of hydrogen-bond acceptors (Lipinski definition) is 2. The van der Waals surface area contributed by atoms with Gasteiger partial charge in [-0.05, 0) is 66.9 Å². The second-order valence-corrected chi connectivity index (χ2v) is 5.34. The van der Waals surface area contributed by atoms with Gasteiger partial charge in [0.25, 0.3) is 0 Å². The average Bonchev–Trinajstić information content (AvgIpc) is 2.73. The van der Waals surface area contributed by atoms with Gasteiger partial charge in [0, 0.05) is 11.2 Å². The molecule has 0 saturated carbocycles. The fraction of sp³-hybridized carbons (Fsp3) is 0.235. The number of aromatic nitrogens is 1. The molecule has 0 fully saturated rings. The third-order valence-corrected chi connectivity index (χ3v) is 3.96. The predicted molar refractivity (Wildman–Crippen MR) is 84.9 cm³/mol. The van der Waals surface area contributed by atoms with Crippen LogP contribution in [0.2, 0.25) is 5.02 Å². The highest BCUT2D eigenvalue weighted by Gasteiger charge is 2.12. The van der Waals surface area contributed by atoms with Gasteiger partial charge in [-0.1, -0.05) is 29.8 Å². The van der Waals surface area contributed by atoms with Crippen LogP contribution >= 0.6 is 11.6 Å². The summed E-state index contributed by atoms with van der Waals surface area (Å²) in [7, 11) is 0. The van der Waals surface area contributed by atoms with Crippen molar-refractivity contribution >= 4 is 23.8 Å². The van der Waals surface area contributed by atoms with Crippen molar-refractivity contribution in [2.45, 2.75) is 12.8 Å². The minimum Gasteiger partial charge on any atom is -0.316 e. The molecule has 3 heteroatoms. The summed E-state index contributed by atoms with van der Waals surface area (Å²) in [4.78, 5) is 4.31. The minimum absolute atomic E-state index is 0.817. The Balaban J connectivity index is 1.98. The van der Waals surface area contributed by atoms with Gasteiger partial charge in [0.05, 0.1) is 5.69 Å². The van der Waals surface area contributed by atoms with Crippen molar-refractivity contribution in [3.8, 4) is 0 Å². The summed E-state index contributed by atoms with van der Waals surface area (Å²) in [5, 5.41) is 4.25. The Morgan fingerprint density at radius 2 is 1.95 bits per heavy atom. The Morgan fingerprint density at radius 1 is 1.05 bits per heavy atom. The van der Waals surface area contributed by atoms with E-state index in [1.165, 1.54) is 11.1 Å². The van der Waals surface area contributed by atoms with E-state index in [4.69, 9.17) is 11.6 Å². The highest BCUT2D eigenvalue weighted by Crippen LogP contribution is 2.27. The van der Waals surface area contributed by atoms with Crippen molar-refractivity contribution in [2.75, 3.05) is 13.1 Å². The van der Waals surface area contributed by atoms with Crippen LogP contribution in [-0.4, -0.2) is 18.1 Å². The summed E-state index contributed by atoms with van der Waals surface area (Å²) in [6.45, 7) is 2.05. The molecule has 0 bridgehead atoms. The van der Waals surface area contributed by atoms with Gasteiger partial charge in [0.15, 0.2) is 0 Å². The second kappa shape index (κ2) is 6.21. The monoisotopic (exact) mass is 284 g/mol. The van der Waals surface area contributed by atoms with E-state index < -0.39 is 0 Å². The lowest BCUT2D eigenvalue weighted by atomic mass is 9.96. The first-order valence-corrected chi connectivity index (χ1v) is 7.32. The number of halogens is 1. The Morgan fingerprint density at radius 3 is 2.80 bits per heavy atom. The molecule has 0 amide bonds. The maximum atomic E-state index is 6.39. The molecule has 1 aromatic heterocycles. The lowest BCUT2D eigenvalue weighted by molar-refractivity contribution is 0.711. The molecule has 0 atom stereocenters. The predicted octanol–water partition coefficient (Wildman–Crippen LogP) is 3.59. The standard InChI is InChI=1S/C17H17ClN2/c18-17-7-4-13-8-11-19-12-9-15(13)16(17)6-5-14-3-1-2-10-20-14/h1-7,10,19H,8-9,11-12H2. The third-order valence-electron chi connectivity index (χ3n) is 3.63. The zero-order chi connectivity index (χ0) is 13.8. The van der Waals surface area contributed by atoms with Crippen LogP contribution in [0.4, 0.5) is 0 Å². The molecular weight excluding hydrogens is 268 g/mol. The molecule has 1 aliphatic heterocycles. The first-order valence-electron chi connectivity index (χ1n) is 6.95. The number of pyridine rings is 1. The molecule has 0 unspecified atom stereocenters. The molecule has 102 valence electrons. The van der Waals surface area contributed by atoms with E-state index in [0.29, 0.717) is 0 Å². The van der Waals surface area contributed by atoms with Gasteiger partial charge in [0.2, 0.25) is 0 Å². The topological polar surface area (TPSA) is 24.9 Å². The molecular formula is C17H17ClN2. The Kier molecular flexibility index (Phi) is 4.14. The third kappa shape index (κ3) is 2.92. The van der Waals surface area contributed by atoms with Gasteiger partial charge in [-0.3, -0.25) is 4.98 Å². The van der Waals surface area contributed by atoms with Crippen LogP contribution in [0, 0.1) is 0 Å². The molecule has 2 heterocycles. The van der Waals surface area contributed by atoms with Crippen LogP contribution in [0.5, 0.6) is 0 Å². The van der Waals surface area contributed by atoms with Gasteiger partial charge in [-0.15, -0.1) is 0 Å². The van der Waals surface area contributed by atoms with Gasteiger partial charge in [-0.2, -0.15) is 0 Å². The van der Waals surface area contributed by atoms with Crippen LogP contribution < -0.4 is 5.32 Å². The van der Waals surface area contributed by atoms with Crippen LogP contribution in [0.25, 0.3) is 12.2 Å².